The van der Waals surface area contributed by atoms with E-state index >= 15 is 0 Å². The standard InChI is InChI=1S/C25H47NO3/c1-4-7-8-9-10-11-12-13-14-15-16-17-18-19-20-21-23(22-24(27)28)25(29)26(5-2)6-3/h16-17,23H,4-15,18-22H2,1-3H3,(H,27,28)/b17-16+. The molecule has 4 heteroatoms. The lowest BCUT2D eigenvalue weighted by molar-refractivity contribution is -0.144. The van der Waals surface area contributed by atoms with E-state index in [2.05, 4.69) is 19.1 Å². The van der Waals surface area contributed by atoms with Crippen molar-refractivity contribution in [3.63, 3.8) is 0 Å². The molecule has 0 spiro atoms. The highest BCUT2D eigenvalue weighted by atomic mass is 16.4. The summed E-state index contributed by atoms with van der Waals surface area (Å²) >= 11 is 0. The molecule has 0 aromatic heterocycles. The number of rotatable bonds is 20. The fourth-order valence-corrected chi connectivity index (χ4v) is 3.78. The first kappa shape index (κ1) is 27.7. The molecule has 1 unspecified atom stereocenters. The van der Waals surface area contributed by atoms with Gasteiger partial charge >= 0.3 is 5.97 Å². The van der Waals surface area contributed by atoms with E-state index in [-0.39, 0.29) is 18.2 Å². The van der Waals surface area contributed by atoms with Crippen molar-refractivity contribution in [1.82, 2.24) is 4.90 Å². The molecular weight excluding hydrogens is 362 g/mol. The minimum absolute atomic E-state index is 0.00157. The number of allylic oxidation sites excluding steroid dienone is 2. The van der Waals surface area contributed by atoms with Crippen LogP contribution in [0.2, 0.25) is 0 Å². The van der Waals surface area contributed by atoms with Gasteiger partial charge in [0.15, 0.2) is 0 Å². The zero-order chi connectivity index (χ0) is 21.7. The minimum Gasteiger partial charge on any atom is -0.481 e. The summed E-state index contributed by atoms with van der Waals surface area (Å²) in [5.41, 5.74) is 0. The Kier molecular flexibility index (Phi) is 19.1. The van der Waals surface area contributed by atoms with Gasteiger partial charge in [0.1, 0.15) is 0 Å². The molecule has 1 N–H and O–H groups in total. The topological polar surface area (TPSA) is 57.6 Å². The second-order valence-corrected chi connectivity index (χ2v) is 8.18. The van der Waals surface area contributed by atoms with E-state index in [9.17, 15) is 9.59 Å². The number of hydrogen-bond donors (Lipinski definition) is 1. The average molecular weight is 410 g/mol. The highest BCUT2D eigenvalue weighted by molar-refractivity contribution is 5.83. The summed E-state index contributed by atoms with van der Waals surface area (Å²) in [6.45, 7) is 7.44. The average Bonchev–Trinajstić information content (AvgIpc) is 2.70. The van der Waals surface area contributed by atoms with Gasteiger partial charge in [-0.25, -0.2) is 0 Å². The largest absolute Gasteiger partial charge is 0.481 e. The molecule has 0 bridgehead atoms. The van der Waals surface area contributed by atoms with Gasteiger partial charge in [0.05, 0.1) is 6.42 Å². The van der Waals surface area contributed by atoms with Crippen LogP contribution in [0.5, 0.6) is 0 Å². The highest BCUT2D eigenvalue weighted by Gasteiger charge is 2.24. The first-order valence-electron chi connectivity index (χ1n) is 12.2. The first-order chi connectivity index (χ1) is 14.1. The first-order valence-corrected chi connectivity index (χ1v) is 12.2. The summed E-state index contributed by atoms with van der Waals surface area (Å²) in [7, 11) is 0. The summed E-state index contributed by atoms with van der Waals surface area (Å²) in [4.78, 5) is 25.3. The number of carbonyl (C=O) groups is 2. The van der Waals surface area contributed by atoms with Crippen LogP contribution in [0, 0.1) is 5.92 Å². The van der Waals surface area contributed by atoms with Crippen LogP contribution >= 0.6 is 0 Å². The number of nitrogens with zero attached hydrogens (tertiary/aromatic N) is 1. The van der Waals surface area contributed by atoms with Gasteiger partial charge < -0.3 is 10.0 Å². The van der Waals surface area contributed by atoms with Crippen molar-refractivity contribution in [2.75, 3.05) is 13.1 Å². The highest BCUT2D eigenvalue weighted by Crippen LogP contribution is 2.18. The van der Waals surface area contributed by atoms with Crippen LogP contribution < -0.4 is 0 Å². The molecule has 4 nitrogen and oxygen atoms in total. The van der Waals surface area contributed by atoms with E-state index in [1.165, 1.54) is 57.8 Å². The van der Waals surface area contributed by atoms with Crippen LogP contribution in [0.15, 0.2) is 12.2 Å². The van der Waals surface area contributed by atoms with Crippen molar-refractivity contribution >= 4 is 11.9 Å². The van der Waals surface area contributed by atoms with E-state index in [0.29, 0.717) is 19.5 Å². The van der Waals surface area contributed by atoms with Gasteiger partial charge in [-0.3, -0.25) is 9.59 Å². The number of carbonyl (C=O) groups excluding carboxylic acids is 1. The van der Waals surface area contributed by atoms with Crippen molar-refractivity contribution in [3.8, 4) is 0 Å². The second kappa shape index (κ2) is 20.0. The molecule has 0 aliphatic heterocycles. The number of hydrogen-bond acceptors (Lipinski definition) is 2. The van der Waals surface area contributed by atoms with E-state index in [1.807, 2.05) is 13.8 Å². The number of amides is 1. The fourth-order valence-electron chi connectivity index (χ4n) is 3.78. The molecule has 1 atom stereocenters. The maximum Gasteiger partial charge on any atom is 0.304 e. The Morgan fingerprint density at radius 1 is 0.759 bits per heavy atom. The monoisotopic (exact) mass is 409 g/mol. The normalized spacial score (nSPS) is 12.4. The Morgan fingerprint density at radius 3 is 1.72 bits per heavy atom. The van der Waals surface area contributed by atoms with Gasteiger partial charge in [0.25, 0.3) is 0 Å². The summed E-state index contributed by atoms with van der Waals surface area (Å²) in [6, 6.07) is 0. The second-order valence-electron chi connectivity index (χ2n) is 8.18. The molecular formula is C25H47NO3. The molecule has 29 heavy (non-hydrogen) atoms. The molecule has 0 heterocycles. The third-order valence-electron chi connectivity index (χ3n) is 5.66. The van der Waals surface area contributed by atoms with Crippen LogP contribution in [0.3, 0.4) is 0 Å². The van der Waals surface area contributed by atoms with Gasteiger partial charge in [0.2, 0.25) is 5.91 Å². The SMILES string of the molecule is CCCCCCCCCCC/C=C/CCCCC(CC(=O)O)C(=O)N(CC)CC. The number of carboxylic acids is 1. The van der Waals surface area contributed by atoms with Crippen molar-refractivity contribution in [1.29, 1.82) is 0 Å². The zero-order valence-corrected chi connectivity index (χ0v) is 19.5. The molecule has 170 valence electrons. The Balaban J connectivity index is 3.77. The Labute approximate surface area is 180 Å². The predicted molar refractivity (Wildman–Crippen MR) is 123 cm³/mol. The van der Waals surface area contributed by atoms with Crippen molar-refractivity contribution < 1.29 is 14.7 Å². The lowest BCUT2D eigenvalue weighted by Crippen LogP contribution is -2.36. The van der Waals surface area contributed by atoms with Crippen LogP contribution in [0.1, 0.15) is 117 Å². The maximum absolute atomic E-state index is 12.5. The maximum atomic E-state index is 12.5. The fraction of sp³-hybridized carbons (Fsp3) is 0.840. The molecule has 0 aromatic rings. The molecule has 0 aliphatic rings. The van der Waals surface area contributed by atoms with E-state index in [4.69, 9.17) is 5.11 Å². The van der Waals surface area contributed by atoms with Crippen molar-refractivity contribution in [2.45, 2.75) is 117 Å². The van der Waals surface area contributed by atoms with Gasteiger partial charge in [-0.05, 0) is 46.0 Å². The summed E-state index contributed by atoms with van der Waals surface area (Å²) in [6.07, 6.45) is 21.6. The smallest absolute Gasteiger partial charge is 0.304 e. The number of carboxylic acid groups (broad SMARTS) is 1. The van der Waals surface area contributed by atoms with E-state index in [1.54, 1.807) is 4.90 Å². The third-order valence-corrected chi connectivity index (χ3v) is 5.66. The summed E-state index contributed by atoms with van der Waals surface area (Å²) in [5, 5.41) is 9.10. The number of aliphatic carboxylic acids is 1. The van der Waals surface area contributed by atoms with Crippen LogP contribution in [-0.2, 0) is 9.59 Å². The van der Waals surface area contributed by atoms with Crippen LogP contribution in [0.4, 0.5) is 0 Å². The molecule has 0 aliphatic carbocycles. The van der Waals surface area contributed by atoms with E-state index in [0.717, 1.165) is 25.7 Å². The predicted octanol–water partition coefficient (Wildman–Crippen LogP) is 6.98. The molecule has 0 aromatic carbocycles. The van der Waals surface area contributed by atoms with Gasteiger partial charge in [-0.15, -0.1) is 0 Å². The Bertz CT molecular complexity index is 430. The molecule has 0 rings (SSSR count). The lowest BCUT2D eigenvalue weighted by atomic mass is 9.96. The van der Waals surface area contributed by atoms with Gasteiger partial charge in [-0.2, -0.15) is 0 Å². The molecule has 0 saturated carbocycles. The van der Waals surface area contributed by atoms with Crippen LogP contribution in [0.25, 0.3) is 0 Å². The lowest BCUT2D eigenvalue weighted by Gasteiger charge is -2.24. The summed E-state index contributed by atoms with van der Waals surface area (Å²) < 4.78 is 0. The molecule has 0 radical (unpaired) electrons. The van der Waals surface area contributed by atoms with Gasteiger partial charge in [0, 0.05) is 19.0 Å². The molecule has 0 saturated heterocycles. The van der Waals surface area contributed by atoms with Gasteiger partial charge in [-0.1, -0.05) is 76.9 Å². The third kappa shape index (κ3) is 16.2. The molecule has 0 fully saturated rings. The summed E-state index contributed by atoms with van der Waals surface area (Å²) in [5.74, 6) is -1.26. The van der Waals surface area contributed by atoms with E-state index < -0.39 is 5.97 Å². The van der Waals surface area contributed by atoms with Crippen molar-refractivity contribution in [2.24, 2.45) is 5.92 Å². The Morgan fingerprint density at radius 2 is 1.24 bits per heavy atom. The zero-order valence-electron chi connectivity index (χ0n) is 19.5. The van der Waals surface area contributed by atoms with Crippen LogP contribution in [-0.4, -0.2) is 35.0 Å². The number of unbranched alkanes of at least 4 members (excludes halogenated alkanes) is 11. The molecule has 1 amide bonds. The quantitative estimate of drug-likeness (QED) is 0.174. The Hall–Kier alpha value is -1.32. The van der Waals surface area contributed by atoms with Crippen molar-refractivity contribution in [3.05, 3.63) is 12.2 Å². The minimum atomic E-state index is -0.878.